The molecular formula is C15H11F4N3O. The molecule has 0 aliphatic heterocycles. The average molecular weight is 325 g/mol. The Hall–Kier alpha value is -2.64. The Morgan fingerprint density at radius 2 is 1.96 bits per heavy atom. The molecule has 0 unspecified atom stereocenters. The molecule has 23 heavy (non-hydrogen) atoms. The molecule has 2 heterocycles. The van der Waals surface area contributed by atoms with E-state index in [9.17, 15) is 17.6 Å². The minimum absolute atomic E-state index is 0.0302. The molecule has 0 aliphatic carbocycles. The van der Waals surface area contributed by atoms with Crippen LogP contribution in [0.15, 0.2) is 30.5 Å². The molecule has 0 atom stereocenters. The number of halogens is 4. The van der Waals surface area contributed by atoms with Crippen LogP contribution in [0.4, 0.5) is 17.6 Å². The van der Waals surface area contributed by atoms with Crippen molar-refractivity contribution in [3.8, 4) is 17.1 Å². The van der Waals surface area contributed by atoms with Crippen molar-refractivity contribution < 1.29 is 22.3 Å². The van der Waals surface area contributed by atoms with E-state index in [0.717, 1.165) is 12.3 Å². The molecule has 0 radical (unpaired) electrons. The number of aryl methyl sites for hydroxylation is 1. The molecule has 0 fully saturated rings. The predicted octanol–water partition coefficient (Wildman–Crippen LogP) is 3.80. The van der Waals surface area contributed by atoms with E-state index in [1.54, 1.807) is 13.1 Å². The summed E-state index contributed by atoms with van der Waals surface area (Å²) in [6.45, 7) is 0. The number of nitrogens with zero attached hydrogens (tertiary/aromatic N) is 3. The van der Waals surface area contributed by atoms with Gasteiger partial charge in [-0.3, -0.25) is 0 Å². The molecule has 2 aromatic heterocycles. The largest absolute Gasteiger partial charge is 0.496 e. The SMILES string of the molecule is COc1cccc(F)c1-c1nc2cc(C(F)(F)F)cnc2n1C. The van der Waals surface area contributed by atoms with Crippen LogP contribution in [-0.4, -0.2) is 21.6 Å². The molecule has 1 aromatic carbocycles. The monoisotopic (exact) mass is 325 g/mol. The molecule has 0 saturated carbocycles. The molecule has 120 valence electrons. The van der Waals surface area contributed by atoms with Crippen LogP contribution in [-0.2, 0) is 13.2 Å². The lowest BCUT2D eigenvalue weighted by atomic mass is 10.1. The first-order valence-electron chi connectivity index (χ1n) is 6.55. The van der Waals surface area contributed by atoms with Gasteiger partial charge >= 0.3 is 6.18 Å². The number of hydrogen-bond donors (Lipinski definition) is 0. The molecule has 0 aliphatic rings. The van der Waals surface area contributed by atoms with Gasteiger partial charge in [0.2, 0.25) is 0 Å². The maximum atomic E-state index is 14.2. The Morgan fingerprint density at radius 3 is 2.61 bits per heavy atom. The summed E-state index contributed by atoms with van der Waals surface area (Å²) in [4.78, 5) is 7.90. The highest BCUT2D eigenvalue weighted by atomic mass is 19.4. The van der Waals surface area contributed by atoms with Gasteiger partial charge in [0.1, 0.15) is 22.9 Å². The third-order valence-corrected chi connectivity index (χ3v) is 3.46. The molecule has 8 heteroatoms. The summed E-state index contributed by atoms with van der Waals surface area (Å²) < 4.78 is 59.0. The fourth-order valence-electron chi connectivity index (χ4n) is 2.35. The lowest BCUT2D eigenvalue weighted by Gasteiger charge is -2.09. The first kappa shape index (κ1) is 15.3. The Bertz CT molecular complexity index is 886. The van der Waals surface area contributed by atoms with E-state index >= 15 is 0 Å². The van der Waals surface area contributed by atoms with Crippen LogP contribution in [0, 0.1) is 5.82 Å². The fraction of sp³-hybridized carbons (Fsp3) is 0.200. The van der Waals surface area contributed by atoms with Crippen LogP contribution in [0.1, 0.15) is 5.56 Å². The molecule has 0 N–H and O–H groups in total. The zero-order valence-corrected chi connectivity index (χ0v) is 12.1. The van der Waals surface area contributed by atoms with Crippen LogP contribution >= 0.6 is 0 Å². The number of imidazole rings is 1. The first-order chi connectivity index (χ1) is 10.8. The van der Waals surface area contributed by atoms with Crippen LogP contribution in [0.2, 0.25) is 0 Å². The van der Waals surface area contributed by atoms with Crippen molar-refractivity contribution >= 4 is 11.2 Å². The van der Waals surface area contributed by atoms with E-state index in [2.05, 4.69) is 9.97 Å². The summed E-state index contributed by atoms with van der Waals surface area (Å²) in [5.74, 6) is -0.208. The van der Waals surface area contributed by atoms with E-state index < -0.39 is 17.6 Å². The van der Waals surface area contributed by atoms with Crippen molar-refractivity contribution in [1.82, 2.24) is 14.5 Å². The third kappa shape index (κ3) is 2.49. The summed E-state index contributed by atoms with van der Waals surface area (Å²) in [5.41, 5.74) is -0.583. The predicted molar refractivity (Wildman–Crippen MR) is 75.5 cm³/mol. The van der Waals surface area contributed by atoms with Crippen molar-refractivity contribution in [3.05, 3.63) is 41.8 Å². The maximum Gasteiger partial charge on any atom is 0.417 e. The number of ether oxygens (including phenoxy) is 1. The van der Waals surface area contributed by atoms with Crippen molar-refractivity contribution in [2.45, 2.75) is 6.18 Å². The summed E-state index contributed by atoms with van der Waals surface area (Å²) >= 11 is 0. The Balaban J connectivity index is 2.26. The molecule has 4 nitrogen and oxygen atoms in total. The van der Waals surface area contributed by atoms with Crippen LogP contribution < -0.4 is 4.74 Å². The fourth-order valence-corrected chi connectivity index (χ4v) is 2.35. The smallest absolute Gasteiger partial charge is 0.417 e. The highest BCUT2D eigenvalue weighted by Gasteiger charge is 2.32. The number of alkyl halides is 3. The highest BCUT2D eigenvalue weighted by molar-refractivity contribution is 5.79. The Morgan fingerprint density at radius 1 is 1.22 bits per heavy atom. The number of pyridine rings is 1. The third-order valence-electron chi connectivity index (χ3n) is 3.46. The Labute approximate surface area is 128 Å². The van der Waals surface area contributed by atoms with Crippen molar-refractivity contribution in [3.63, 3.8) is 0 Å². The number of methoxy groups -OCH3 is 1. The summed E-state index contributed by atoms with van der Waals surface area (Å²) in [6, 6.07) is 5.14. The van der Waals surface area contributed by atoms with Crippen LogP contribution in [0.5, 0.6) is 5.75 Å². The molecule has 3 rings (SSSR count). The molecular weight excluding hydrogens is 314 g/mol. The number of fused-ring (bicyclic) bond motifs is 1. The summed E-state index contributed by atoms with van der Waals surface area (Å²) in [6.07, 6.45) is -3.79. The molecule has 3 aromatic rings. The number of benzene rings is 1. The van der Waals surface area contributed by atoms with Crippen molar-refractivity contribution in [2.24, 2.45) is 7.05 Å². The van der Waals surface area contributed by atoms with Gasteiger partial charge < -0.3 is 9.30 Å². The van der Waals surface area contributed by atoms with Gasteiger partial charge in [-0.2, -0.15) is 13.2 Å². The summed E-state index contributed by atoms with van der Waals surface area (Å²) in [7, 11) is 2.93. The van der Waals surface area contributed by atoms with Gasteiger partial charge in [-0.15, -0.1) is 0 Å². The lowest BCUT2D eigenvalue weighted by molar-refractivity contribution is -0.137. The molecule has 0 saturated heterocycles. The minimum Gasteiger partial charge on any atom is -0.496 e. The minimum atomic E-state index is -4.52. The lowest BCUT2D eigenvalue weighted by Crippen LogP contribution is -2.05. The van der Waals surface area contributed by atoms with Crippen molar-refractivity contribution in [1.29, 1.82) is 0 Å². The molecule has 0 amide bonds. The zero-order valence-electron chi connectivity index (χ0n) is 12.1. The average Bonchev–Trinajstić information content (AvgIpc) is 2.82. The van der Waals surface area contributed by atoms with Gasteiger partial charge in [0.05, 0.1) is 18.2 Å². The van der Waals surface area contributed by atoms with E-state index in [0.29, 0.717) is 0 Å². The van der Waals surface area contributed by atoms with Crippen molar-refractivity contribution in [2.75, 3.05) is 7.11 Å². The van der Waals surface area contributed by atoms with Gasteiger partial charge in [-0.25, -0.2) is 14.4 Å². The van der Waals surface area contributed by atoms with E-state index in [1.165, 1.54) is 23.8 Å². The molecule has 0 bridgehead atoms. The first-order valence-corrected chi connectivity index (χ1v) is 6.55. The quantitative estimate of drug-likeness (QED) is 0.673. The standard InChI is InChI=1S/C15H11F4N3O/c1-22-13-10(6-8(7-20-13)15(17,18)19)21-14(22)12-9(16)4-3-5-11(12)23-2/h3-7H,1-2H3. The summed E-state index contributed by atoms with van der Waals surface area (Å²) in [5, 5.41) is 0. The normalized spacial score (nSPS) is 11.9. The van der Waals surface area contributed by atoms with E-state index in [1.807, 2.05) is 0 Å². The van der Waals surface area contributed by atoms with Crippen LogP contribution in [0.25, 0.3) is 22.6 Å². The second-order valence-corrected chi connectivity index (χ2v) is 4.88. The molecule has 0 spiro atoms. The maximum absolute atomic E-state index is 14.2. The highest BCUT2D eigenvalue weighted by Crippen LogP contribution is 2.35. The zero-order chi connectivity index (χ0) is 16.8. The number of rotatable bonds is 2. The second-order valence-electron chi connectivity index (χ2n) is 4.88. The van der Waals surface area contributed by atoms with Gasteiger partial charge in [0.15, 0.2) is 5.65 Å². The topological polar surface area (TPSA) is 39.9 Å². The van der Waals surface area contributed by atoms with Gasteiger partial charge in [0, 0.05) is 13.2 Å². The van der Waals surface area contributed by atoms with Gasteiger partial charge in [0.25, 0.3) is 0 Å². The van der Waals surface area contributed by atoms with E-state index in [-0.39, 0.29) is 28.3 Å². The van der Waals surface area contributed by atoms with Gasteiger partial charge in [-0.05, 0) is 18.2 Å². The van der Waals surface area contributed by atoms with Crippen LogP contribution in [0.3, 0.4) is 0 Å². The van der Waals surface area contributed by atoms with E-state index in [4.69, 9.17) is 4.74 Å². The Kier molecular flexibility index (Phi) is 3.46. The second kappa shape index (κ2) is 5.22. The number of aromatic nitrogens is 3. The van der Waals surface area contributed by atoms with Gasteiger partial charge in [-0.1, -0.05) is 6.07 Å². The number of hydrogen-bond acceptors (Lipinski definition) is 3.